The lowest BCUT2D eigenvalue weighted by molar-refractivity contribution is -0.178. The van der Waals surface area contributed by atoms with Crippen molar-refractivity contribution in [2.75, 3.05) is 13.7 Å². The van der Waals surface area contributed by atoms with E-state index in [4.69, 9.17) is 9.47 Å². The molecule has 1 aliphatic heterocycles. The van der Waals surface area contributed by atoms with Crippen LogP contribution in [0.1, 0.15) is 27.2 Å². The second-order valence-electron chi connectivity index (χ2n) is 3.97. The molecule has 0 aliphatic carbocycles. The Morgan fingerprint density at radius 2 is 1.90 bits per heavy atom. The van der Waals surface area contributed by atoms with E-state index in [-0.39, 0.29) is 11.2 Å². The van der Waals surface area contributed by atoms with Crippen LogP contribution in [0.25, 0.3) is 0 Å². The summed E-state index contributed by atoms with van der Waals surface area (Å²) in [5, 5.41) is 0. The summed E-state index contributed by atoms with van der Waals surface area (Å²) >= 11 is 0. The molecule has 1 fully saturated rings. The van der Waals surface area contributed by atoms with Gasteiger partial charge in [0.1, 0.15) is 0 Å². The zero-order chi connectivity index (χ0) is 7.83. The standard InChI is InChI=1S/C8H16O2/c1-7(2)5-8(3,9-4)10-6-7/h5-6H2,1-4H3. The molecule has 1 rings (SSSR count). The highest BCUT2D eigenvalue weighted by atomic mass is 16.7. The highest BCUT2D eigenvalue weighted by Gasteiger charge is 2.40. The molecule has 10 heavy (non-hydrogen) atoms. The van der Waals surface area contributed by atoms with Gasteiger partial charge in [-0.25, -0.2) is 0 Å². The number of hydrogen-bond donors (Lipinski definition) is 0. The predicted molar refractivity (Wildman–Crippen MR) is 39.8 cm³/mol. The summed E-state index contributed by atoms with van der Waals surface area (Å²) in [5.74, 6) is -0.330. The van der Waals surface area contributed by atoms with Crippen molar-refractivity contribution in [2.24, 2.45) is 5.41 Å². The molecule has 1 aliphatic rings. The van der Waals surface area contributed by atoms with E-state index in [1.54, 1.807) is 7.11 Å². The number of hydrogen-bond acceptors (Lipinski definition) is 2. The van der Waals surface area contributed by atoms with E-state index in [0.717, 1.165) is 13.0 Å². The SMILES string of the molecule is COC1(C)CC(C)(C)CO1. The highest BCUT2D eigenvalue weighted by Crippen LogP contribution is 2.38. The van der Waals surface area contributed by atoms with Gasteiger partial charge < -0.3 is 9.47 Å². The van der Waals surface area contributed by atoms with E-state index in [1.165, 1.54) is 0 Å². The van der Waals surface area contributed by atoms with Gasteiger partial charge in [0.2, 0.25) is 0 Å². The monoisotopic (exact) mass is 144 g/mol. The third-order valence-corrected chi connectivity index (χ3v) is 2.00. The maximum atomic E-state index is 5.48. The van der Waals surface area contributed by atoms with Gasteiger partial charge >= 0.3 is 0 Å². The fraction of sp³-hybridized carbons (Fsp3) is 1.00. The van der Waals surface area contributed by atoms with Crippen molar-refractivity contribution in [3.63, 3.8) is 0 Å². The van der Waals surface area contributed by atoms with Gasteiger partial charge in [-0.1, -0.05) is 13.8 Å². The topological polar surface area (TPSA) is 18.5 Å². The van der Waals surface area contributed by atoms with Gasteiger partial charge in [-0.15, -0.1) is 0 Å². The van der Waals surface area contributed by atoms with Crippen LogP contribution in [0, 0.1) is 5.41 Å². The molecule has 2 heteroatoms. The molecule has 0 radical (unpaired) electrons. The first-order chi connectivity index (χ1) is 4.47. The normalized spacial score (nSPS) is 38.4. The Morgan fingerprint density at radius 3 is 2.10 bits per heavy atom. The average molecular weight is 144 g/mol. The summed E-state index contributed by atoms with van der Waals surface area (Å²) in [6, 6.07) is 0. The zero-order valence-electron chi connectivity index (χ0n) is 7.23. The molecule has 1 unspecified atom stereocenters. The van der Waals surface area contributed by atoms with Crippen molar-refractivity contribution in [2.45, 2.75) is 33.0 Å². The number of rotatable bonds is 1. The second-order valence-corrected chi connectivity index (χ2v) is 3.97. The molecule has 0 spiro atoms. The van der Waals surface area contributed by atoms with Crippen LogP contribution in [0.15, 0.2) is 0 Å². The van der Waals surface area contributed by atoms with E-state index < -0.39 is 0 Å². The summed E-state index contributed by atoms with van der Waals surface area (Å²) in [6.07, 6.45) is 0.983. The third kappa shape index (κ3) is 1.50. The van der Waals surface area contributed by atoms with Crippen LogP contribution in [-0.2, 0) is 9.47 Å². The fourth-order valence-corrected chi connectivity index (χ4v) is 1.45. The van der Waals surface area contributed by atoms with Gasteiger partial charge in [0.25, 0.3) is 0 Å². The van der Waals surface area contributed by atoms with Crippen molar-refractivity contribution < 1.29 is 9.47 Å². The van der Waals surface area contributed by atoms with Crippen LogP contribution >= 0.6 is 0 Å². The molecule has 0 N–H and O–H groups in total. The van der Waals surface area contributed by atoms with Crippen LogP contribution < -0.4 is 0 Å². The highest BCUT2D eigenvalue weighted by molar-refractivity contribution is 4.83. The van der Waals surface area contributed by atoms with Gasteiger partial charge in [-0.05, 0) is 12.3 Å². The summed E-state index contributed by atoms with van der Waals surface area (Å²) < 4.78 is 10.7. The van der Waals surface area contributed by atoms with Crippen LogP contribution in [0.2, 0.25) is 0 Å². The van der Waals surface area contributed by atoms with E-state index in [0.29, 0.717) is 0 Å². The van der Waals surface area contributed by atoms with Crippen molar-refractivity contribution >= 4 is 0 Å². The molecule has 1 saturated heterocycles. The number of ether oxygens (including phenoxy) is 2. The third-order valence-electron chi connectivity index (χ3n) is 2.00. The average Bonchev–Trinajstić information content (AvgIpc) is 2.08. The Bertz CT molecular complexity index is 131. The largest absolute Gasteiger partial charge is 0.353 e. The van der Waals surface area contributed by atoms with E-state index in [9.17, 15) is 0 Å². The lowest BCUT2D eigenvalue weighted by atomic mass is 9.90. The number of methoxy groups -OCH3 is 1. The molecule has 0 saturated carbocycles. The van der Waals surface area contributed by atoms with Crippen LogP contribution in [0.5, 0.6) is 0 Å². The van der Waals surface area contributed by atoms with E-state index >= 15 is 0 Å². The maximum Gasteiger partial charge on any atom is 0.165 e. The molecular formula is C8H16O2. The summed E-state index contributed by atoms with van der Waals surface area (Å²) in [5.41, 5.74) is 0.282. The summed E-state index contributed by atoms with van der Waals surface area (Å²) in [4.78, 5) is 0. The van der Waals surface area contributed by atoms with Crippen molar-refractivity contribution in [1.82, 2.24) is 0 Å². The minimum absolute atomic E-state index is 0.282. The molecule has 0 amide bonds. The quantitative estimate of drug-likeness (QED) is 0.558. The van der Waals surface area contributed by atoms with Gasteiger partial charge in [-0.2, -0.15) is 0 Å². The molecular weight excluding hydrogens is 128 g/mol. The first-order valence-corrected chi connectivity index (χ1v) is 3.67. The van der Waals surface area contributed by atoms with Crippen molar-refractivity contribution in [3.05, 3.63) is 0 Å². The molecule has 0 bridgehead atoms. The van der Waals surface area contributed by atoms with Crippen LogP contribution in [0.4, 0.5) is 0 Å². The molecule has 0 aromatic carbocycles. The molecule has 2 nitrogen and oxygen atoms in total. The lowest BCUT2D eigenvalue weighted by Gasteiger charge is -2.22. The second kappa shape index (κ2) is 2.21. The van der Waals surface area contributed by atoms with Crippen LogP contribution in [0.3, 0.4) is 0 Å². The Kier molecular flexibility index (Phi) is 1.77. The molecule has 0 aromatic heterocycles. The van der Waals surface area contributed by atoms with Gasteiger partial charge in [0.15, 0.2) is 5.79 Å². The van der Waals surface area contributed by atoms with E-state index in [1.807, 2.05) is 6.92 Å². The van der Waals surface area contributed by atoms with Gasteiger partial charge in [0, 0.05) is 13.5 Å². The van der Waals surface area contributed by atoms with Gasteiger partial charge in [-0.3, -0.25) is 0 Å². The molecule has 60 valence electrons. The van der Waals surface area contributed by atoms with Crippen LogP contribution in [-0.4, -0.2) is 19.5 Å². The minimum Gasteiger partial charge on any atom is -0.353 e. The first-order valence-electron chi connectivity index (χ1n) is 3.67. The van der Waals surface area contributed by atoms with E-state index in [2.05, 4.69) is 13.8 Å². The molecule has 1 heterocycles. The van der Waals surface area contributed by atoms with Crippen molar-refractivity contribution in [3.8, 4) is 0 Å². The smallest absolute Gasteiger partial charge is 0.165 e. The minimum atomic E-state index is -0.330. The summed E-state index contributed by atoms with van der Waals surface area (Å²) in [7, 11) is 1.70. The fourth-order valence-electron chi connectivity index (χ4n) is 1.45. The van der Waals surface area contributed by atoms with Crippen molar-refractivity contribution in [1.29, 1.82) is 0 Å². The maximum absolute atomic E-state index is 5.48. The Labute approximate surface area is 62.5 Å². The molecule has 0 aromatic rings. The predicted octanol–water partition coefficient (Wildman–Crippen LogP) is 1.80. The first kappa shape index (κ1) is 8.02. The summed E-state index contributed by atoms with van der Waals surface area (Å²) in [6.45, 7) is 7.17. The Balaban J connectivity index is 2.57. The Morgan fingerprint density at radius 1 is 1.30 bits per heavy atom. The Hall–Kier alpha value is -0.0800. The zero-order valence-corrected chi connectivity index (χ0v) is 7.23. The lowest BCUT2D eigenvalue weighted by Crippen LogP contribution is -2.26. The molecule has 1 atom stereocenters. The van der Waals surface area contributed by atoms with Gasteiger partial charge in [0.05, 0.1) is 6.61 Å².